The fourth-order valence-corrected chi connectivity index (χ4v) is 0. The fraction of sp³-hybridized carbons (Fsp3) is 1.00. The van der Waals surface area contributed by atoms with E-state index in [9.17, 15) is 0 Å². The van der Waals surface area contributed by atoms with Crippen LogP contribution in [0.3, 0.4) is 0 Å². The highest BCUT2D eigenvalue weighted by molar-refractivity contribution is 8.06. The van der Waals surface area contributed by atoms with Crippen LogP contribution in [-0.4, -0.2) is 44.0 Å². The first kappa shape index (κ1) is 40.3. The Bertz CT molecular complexity index is 263. The van der Waals surface area contributed by atoms with E-state index < -0.39 is 20.2 Å². The third-order valence-corrected chi connectivity index (χ3v) is 0. The molecule has 0 saturated carbocycles. The van der Waals surface area contributed by atoms with Gasteiger partial charge < -0.3 is 44.0 Å². The molecule has 0 radical (unpaired) electrons. The third-order valence-electron chi connectivity index (χ3n) is 0. The molecule has 0 bridgehead atoms. The molecule has 0 aliphatic carbocycles. The second kappa shape index (κ2) is 26.8. The van der Waals surface area contributed by atoms with E-state index in [-0.39, 0.29) is 0 Å². The van der Waals surface area contributed by atoms with Gasteiger partial charge in [0.05, 0.1) is 0 Å². The van der Waals surface area contributed by atoms with E-state index in [2.05, 4.69) is 77.0 Å². The summed E-state index contributed by atoms with van der Waals surface area (Å²) in [6, 6.07) is 0. The Morgan fingerprint density at radius 3 is 0.417 bits per heavy atom. The summed E-state index contributed by atoms with van der Waals surface area (Å²) in [5.41, 5.74) is 0. The van der Waals surface area contributed by atoms with Crippen molar-refractivity contribution < 1.29 is 44.0 Å². The van der Waals surface area contributed by atoms with Gasteiger partial charge in [0.15, 0.2) is 0 Å². The van der Waals surface area contributed by atoms with Crippen molar-refractivity contribution >= 4 is 55.6 Å². The standard InChI is InChI=1S/3C3H8.3H3O3PS/c3*1-3-2;3*1-4(2,3)5/h3*3H2,1-2H3;3*(H3,1,2,3,5). The largest absolute Gasteiger partial charge is 0.325 e. The second-order valence-electron chi connectivity index (χ2n) is 3.66. The summed E-state index contributed by atoms with van der Waals surface area (Å²) in [6.45, 7) is 1.33. The number of hydrogen-bond donors (Lipinski definition) is 9. The monoisotopic (exact) mass is 474 g/mol. The maximum absolute atomic E-state index is 7.56. The summed E-state index contributed by atoms with van der Waals surface area (Å²) in [5.74, 6) is 0. The first-order chi connectivity index (χ1) is 10.2. The van der Waals surface area contributed by atoms with Crippen LogP contribution in [0.2, 0.25) is 0 Å². The van der Waals surface area contributed by atoms with Crippen molar-refractivity contribution in [3.05, 3.63) is 0 Å². The number of hydrogen-bond acceptors (Lipinski definition) is 3. The molecule has 0 aromatic rings. The molecule has 0 spiro atoms. The first-order valence-electron chi connectivity index (χ1n) is 6.59. The lowest BCUT2D eigenvalue weighted by molar-refractivity contribution is 0.361. The highest BCUT2D eigenvalue weighted by atomic mass is 32.5. The van der Waals surface area contributed by atoms with Crippen molar-refractivity contribution in [2.45, 2.75) is 60.8 Å². The minimum atomic E-state index is -3.81. The molecule has 0 amide bonds. The Morgan fingerprint density at radius 1 is 0.417 bits per heavy atom. The molecule has 0 atom stereocenters. The molecule has 9 N–H and O–H groups in total. The van der Waals surface area contributed by atoms with Crippen LogP contribution in [0, 0.1) is 0 Å². The van der Waals surface area contributed by atoms with Gasteiger partial charge in [-0.05, 0) is 35.4 Å². The summed E-state index contributed by atoms with van der Waals surface area (Å²) in [4.78, 5) is 68.0. The van der Waals surface area contributed by atoms with Gasteiger partial charge in [-0.2, -0.15) is 0 Å². The van der Waals surface area contributed by atoms with Gasteiger partial charge in [0.25, 0.3) is 0 Å². The molecule has 0 rings (SSSR count). The van der Waals surface area contributed by atoms with Crippen LogP contribution in [0.1, 0.15) is 60.8 Å². The van der Waals surface area contributed by atoms with E-state index in [1.54, 1.807) is 0 Å². The predicted molar refractivity (Wildman–Crippen MR) is 111 cm³/mol. The highest BCUT2D eigenvalue weighted by Crippen LogP contribution is 2.27. The first-order valence-corrected chi connectivity index (χ1v) is 14.6. The molecule has 0 heterocycles. The van der Waals surface area contributed by atoms with Crippen LogP contribution in [0.4, 0.5) is 0 Å². The summed E-state index contributed by atoms with van der Waals surface area (Å²) < 4.78 is 0. The van der Waals surface area contributed by atoms with Gasteiger partial charge in [0.2, 0.25) is 0 Å². The van der Waals surface area contributed by atoms with E-state index in [1.807, 2.05) is 0 Å². The van der Waals surface area contributed by atoms with Crippen molar-refractivity contribution in [1.82, 2.24) is 0 Å². The average Bonchev–Trinajstić information content (AvgIpc) is 2.10. The van der Waals surface area contributed by atoms with Gasteiger partial charge in [-0.15, -0.1) is 0 Å². The van der Waals surface area contributed by atoms with Gasteiger partial charge in [0.1, 0.15) is 0 Å². The fourth-order valence-electron chi connectivity index (χ4n) is 0. The van der Waals surface area contributed by atoms with Crippen molar-refractivity contribution in [2.24, 2.45) is 0 Å². The Morgan fingerprint density at radius 2 is 0.417 bits per heavy atom. The molecule has 0 unspecified atom stereocenters. The second-order valence-corrected chi connectivity index (χ2v) is 11.1. The van der Waals surface area contributed by atoms with Crippen molar-refractivity contribution in [3.8, 4) is 0 Å². The van der Waals surface area contributed by atoms with Gasteiger partial charge in [-0.3, -0.25) is 0 Å². The van der Waals surface area contributed by atoms with Crippen molar-refractivity contribution in [1.29, 1.82) is 0 Å². The van der Waals surface area contributed by atoms with Gasteiger partial charge >= 0.3 is 20.2 Å². The Kier molecular flexibility index (Phi) is 45.0. The zero-order valence-electron chi connectivity index (χ0n) is 14.7. The Labute approximate surface area is 160 Å². The zero-order chi connectivity index (χ0) is 21.6. The lowest BCUT2D eigenvalue weighted by atomic mass is 10.6. The minimum absolute atomic E-state index is 1.25. The average molecular weight is 474 g/mol. The van der Waals surface area contributed by atoms with Gasteiger partial charge in [0, 0.05) is 0 Å². The van der Waals surface area contributed by atoms with Crippen molar-refractivity contribution in [2.75, 3.05) is 0 Å². The van der Waals surface area contributed by atoms with Gasteiger partial charge in [-0.1, -0.05) is 60.8 Å². The molecule has 15 heteroatoms. The summed E-state index contributed by atoms with van der Waals surface area (Å²) in [5, 5.41) is 0. The maximum atomic E-state index is 7.56. The van der Waals surface area contributed by atoms with Gasteiger partial charge in [-0.25, -0.2) is 0 Å². The van der Waals surface area contributed by atoms with Crippen molar-refractivity contribution in [3.63, 3.8) is 0 Å². The molecule has 0 aromatic carbocycles. The summed E-state index contributed by atoms with van der Waals surface area (Å²) >= 11 is 10.8. The molecule has 0 saturated heterocycles. The number of rotatable bonds is 0. The third kappa shape index (κ3) is 4760. The van der Waals surface area contributed by atoms with E-state index >= 15 is 0 Å². The Balaban J connectivity index is -0.0000000413. The van der Waals surface area contributed by atoms with E-state index in [4.69, 9.17) is 44.0 Å². The lowest BCUT2D eigenvalue weighted by Crippen LogP contribution is -1.65. The molecular weight excluding hydrogens is 441 g/mol. The van der Waals surface area contributed by atoms with Crippen LogP contribution in [0.15, 0.2) is 0 Å². The zero-order valence-corrected chi connectivity index (χ0v) is 19.8. The van der Waals surface area contributed by atoms with E-state index in [0.29, 0.717) is 0 Å². The van der Waals surface area contributed by atoms with E-state index in [0.717, 1.165) is 0 Å². The lowest BCUT2D eigenvalue weighted by Gasteiger charge is -1.88. The molecular formula is C9H33O9P3S3. The quantitative estimate of drug-likeness (QED) is 0.233. The minimum Gasteiger partial charge on any atom is -0.325 e. The molecule has 156 valence electrons. The molecule has 24 heavy (non-hydrogen) atoms. The molecule has 0 aliphatic heterocycles. The van der Waals surface area contributed by atoms with Crippen LogP contribution < -0.4 is 0 Å². The molecule has 0 aliphatic rings. The molecule has 9 nitrogen and oxygen atoms in total. The van der Waals surface area contributed by atoms with Crippen LogP contribution in [-0.2, 0) is 35.4 Å². The predicted octanol–water partition coefficient (Wildman–Crippen LogP) is 1.81. The van der Waals surface area contributed by atoms with Crippen LogP contribution >= 0.6 is 20.2 Å². The molecule has 0 aromatic heterocycles. The normalized spacial score (nSPS) is 9.62. The molecule has 0 fully saturated rings. The summed E-state index contributed by atoms with van der Waals surface area (Å²) in [6.07, 6.45) is 3.75. The van der Waals surface area contributed by atoms with Crippen LogP contribution in [0.25, 0.3) is 0 Å². The maximum Gasteiger partial charge on any atom is 0.319 e. The van der Waals surface area contributed by atoms with E-state index in [1.165, 1.54) is 19.3 Å². The summed E-state index contributed by atoms with van der Waals surface area (Å²) in [7, 11) is 0. The SMILES string of the molecule is CCC.CCC.CCC.OP(O)(O)=S.OP(O)(O)=S.OP(O)(O)=S. The topological polar surface area (TPSA) is 182 Å². The highest BCUT2D eigenvalue weighted by Gasteiger charge is 1.93. The smallest absolute Gasteiger partial charge is 0.319 e. The van der Waals surface area contributed by atoms with Crippen LogP contribution in [0.5, 0.6) is 0 Å². The Hall–Kier alpha value is 1.59.